The Morgan fingerprint density at radius 2 is 2.00 bits per heavy atom. The number of halogens is 4. The number of likely N-dealkylation sites (N-methyl/N-ethyl adjacent to an activating group) is 1. The van der Waals surface area contributed by atoms with E-state index in [2.05, 4.69) is 21.2 Å². The quantitative estimate of drug-likeness (QED) is 0.927. The van der Waals surface area contributed by atoms with Crippen LogP contribution in [0.5, 0.6) is 0 Å². The van der Waals surface area contributed by atoms with E-state index < -0.39 is 11.7 Å². The Bertz CT molecular complexity index is 446. The lowest BCUT2D eigenvalue weighted by Gasteiger charge is -2.16. The first-order valence-electron chi connectivity index (χ1n) is 5.02. The number of hydrogen-bond acceptors (Lipinski definition) is 2. The Morgan fingerprint density at radius 3 is 2.50 bits per heavy atom. The highest BCUT2D eigenvalue weighted by molar-refractivity contribution is 9.10. The van der Waals surface area contributed by atoms with Gasteiger partial charge in [0.25, 0.3) is 0 Å². The van der Waals surface area contributed by atoms with Crippen molar-refractivity contribution in [3.63, 3.8) is 0 Å². The molecule has 0 saturated heterocycles. The van der Waals surface area contributed by atoms with Crippen LogP contribution in [0.15, 0.2) is 22.7 Å². The van der Waals surface area contributed by atoms with E-state index >= 15 is 0 Å². The predicted molar refractivity (Wildman–Crippen MR) is 66.3 cm³/mol. The van der Waals surface area contributed by atoms with Gasteiger partial charge >= 0.3 is 6.18 Å². The van der Waals surface area contributed by atoms with Crippen molar-refractivity contribution in [1.82, 2.24) is 4.90 Å². The monoisotopic (exact) mass is 324 g/mol. The maximum atomic E-state index is 12.7. The van der Waals surface area contributed by atoms with Crippen molar-refractivity contribution in [1.29, 1.82) is 0 Å². The van der Waals surface area contributed by atoms with Gasteiger partial charge in [-0.05, 0) is 18.2 Å². The molecule has 1 rings (SSSR count). The zero-order valence-electron chi connectivity index (χ0n) is 9.81. The van der Waals surface area contributed by atoms with Gasteiger partial charge in [0, 0.05) is 24.3 Å². The van der Waals surface area contributed by atoms with Crippen LogP contribution >= 0.6 is 15.9 Å². The molecule has 0 fully saturated rings. The maximum absolute atomic E-state index is 12.7. The van der Waals surface area contributed by atoms with Crippen LogP contribution in [0.3, 0.4) is 0 Å². The largest absolute Gasteiger partial charge is 0.418 e. The molecule has 0 saturated carbocycles. The summed E-state index contributed by atoms with van der Waals surface area (Å²) in [7, 11) is 3.07. The summed E-state index contributed by atoms with van der Waals surface area (Å²) in [6, 6.07) is 3.57. The van der Waals surface area contributed by atoms with Gasteiger partial charge < -0.3 is 10.2 Å². The molecule has 0 unspecified atom stereocenters. The lowest BCUT2D eigenvalue weighted by atomic mass is 10.1. The fourth-order valence-corrected chi connectivity index (χ4v) is 1.60. The number of nitrogens with zero attached hydrogens (tertiary/aromatic N) is 1. The van der Waals surface area contributed by atoms with E-state index in [1.54, 1.807) is 0 Å². The zero-order chi connectivity index (χ0) is 13.9. The smallest absolute Gasteiger partial charge is 0.376 e. The molecular weight excluding hydrogens is 313 g/mol. The first kappa shape index (κ1) is 14.8. The number of benzene rings is 1. The molecule has 1 aromatic rings. The Morgan fingerprint density at radius 1 is 1.39 bits per heavy atom. The van der Waals surface area contributed by atoms with E-state index in [9.17, 15) is 18.0 Å². The summed E-state index contributed by atoms with van der Waals surface area (Å²) in [6.45, 7) is -0.188. The molecule has 0 atom stereocenters. The number of rotatable bonds is 3. The summed E-state index contributed by atoms with van der Waals surface area (Å²) in [4.78, 5) is 12.6. The van der Waals surface area contributed by atoms with Crippen LogP contribution in [-0.4, -0.2) is 31.4 Å². The third kappa shape index (κ3) is 3.90. The molecule has 100 valence electrons. The van der Waals surface area contributed by atoms with E-state index in [-0.39, 0.29) is 18.1 Å². The number of nitrogens with one attached hydrogen (secondary N) is 1. The van der Waals surface area contributed by atoms with Crippen molar-refractivity contribution in [3.05, 3.63) is 28.2 Å². The van der Waals surface area contributed by atoms with E-state index in [0.29, 0.717) is 4.47 Å². The van der Waals surface area contributed by atoms with Crippen molar-refractivity contribution in [3.8, 4) is 0 Å². The molecule has 0 radical (unpaired) electrons. The maximum Gasteiger partial charge on any atom is 0.418 e. The second-order valence-corrected chi connectivity index (χ2v) is 4.75. The van der Waals surface area contributed by atoms with Gasteiger partial charge in [0.15, 0.2) is 0 Å². The van der Waals surface area contributed by atoms with Crippen LogP contribution in [0, 0.1) is 0 Å². The zero-order valence-corrected chi connectivity index (χ0v) is 11.4. The van der Waals surface area contributed by atoms with Gasteiger partial charge in [0.05, 0.1) is 12.1 Å². The molecule has 3 nitrogen and oxygen atoms in total. The minimum absolute atomic E-state index is 0.118. The number of hydrogen-bond donors (Lipinski definition) is 1. The number of amides is 1. The SMILES string of the molecule is CN(C)C(=O)CNc1cc(Br)ccc1C(F)(F)F. The van der Waals surface area contributed by atoms with Gasteiger partial charge in [-0.1, -0.05) is 15.9 Å². The van der Waals surface area contributed by atoms with Crippen molar-refractivity contribution in [2.75, 3.05) is 26.0 Å². The van der Waals surface area contributed by atoms with Gasteiger partial charge in [-0.25, -0.2) is 0 Å². The number of carbonyl (C=O) groups excluding carboxylic acids is 1. The number of alkyl halides is 3. The molecule has 18 heavy (non-hydrogen) atoms. The Kier molecular flexibility index (Phi) is 4.61. The Balaban J connectivity index is 2.93. The minimum atomic E-state index is -4.45. The summed E-state index contributed by atoms with van der Waals surface area (Å²) in [5.41, 5.74) is -0.913. The molecule has 0 aliphatic heterocycles. The first-order valence-corrected chi connectivity index (χ1v) is 5.82. The van der Waals surface area contributed by atoms with Crippen molar-refractivity contribution < 1.29 is 18.0 Å². The summed E-state index contributed by atoms with van der Waals surface area (Å²) in [6.07, 6.45) is -4.45. The molecule has 7 heteroatoms. The highest BCUT2D eigenvalue weighted by atomic mass is 79.9. The highest BCUT2D eigenvalue weighted by Gasteiger charge is 2.33. The van der Waals surface area contributed by atoms with E-state index in [4.69, 9.17) is 0 Å². The third-order valence-corrected chi connectivity index (χ3v) is 2.71. The molecule has 0 heterocycles. The molecule has 0 aliphatic rings. The lowest BCUT2D eigenvalue weighted by Crippen LogP contribution is -2.29. The van der Waals surface area contributed by atoms with Crippen LogP contribution in [0.1, 0.15) is 5.56 Å². The van der Waals surface area contributed by atoms with Gasteiger partial charge in [0.1, 0.15) is 0 Å². The van der Waals surface area contributed by atoms with Crippen molar-refractivity contribution in [2.45, 2.75) is 6.18 Å². The average Bonchev–Trinajstić information content (AvgIpc) is 2.23. The van der Waals surface area contributed by atoms with Gasteiger partial charge in [-0.2, -0.15) is 13.2 Å². The molecule has 1 aromatic carbocycles. The van der Waals surface area contributed by atoms with E-state index in [1.165, 1.54) is 31.1 Å². The summed E-state index contributed by atoms with van der Waals surface area (Å²) >= 11 is 3.10. The minimum Gasteiger partial charge on any atom is -0.376 e. The number of anilines is 1. The Labute approximate surface area is 111 Å². The third-order valence-electron chi connectivity index (χ3n) is 2.22. The topological polar surface area (TPSA) is 32.3 Å². The summed E-state index contributed by atoms with van der Waals surface area (Å²) < 4.78 is 38.6. The van der Waals surface area contributed by atoms with Gasteiger partial charge in [0.2, 0.25) is 5.91 Å². The fraction of sp³-hybridized carbons (Fsp3) is 0.364. The molecule has 1 amide bonds. The standard InChI is InChI=1S/C11H12BrF3N2O/c1-17(2)10(18)6-16-9-5-7(12)3-4-8(9)11(13,14)15/h3-5,16H,6H2,1-2H3. The average molecular weight is 325 g/mol. The molecule has 0 aliphatic carbocycles. The normalized spacial score (nSPS) is 11.2. The van der Waals surface area contributed by atoms with E-state index in [0.717, 1.165) is 6.07 Å². The molecule has 0 aromatic heterocycles. The predicted octanol–water partition coefficient (Wildman–Crippen LogP) is 2.97. The molecule has 0 spiro atoms. The van der Waals surface area contributed by atoms with Gasteiger partial charge in [-0.3, -0.25) is 4.79 Å². The second-order valence-electron chi connectivity index (χ2n) is 3.83. The van der Waals surface area contributed by atoms with Crippen molar-refractivity contribution in [2.24, 2.45) is 0 Å². The second kappa shape index (κ2) is 5.60. The van der Waals surface area contributed by atoms with Crippen LogP contribution < -0.4 is 5.32 Å². The molecular formula is C11H12BrF3N2O. The van der Waals surface area contributed by atoms with Crippen molar-refractivity contribution >= 4 is 27.5 Å². The lowest BCUT2D eigenvalue weighted by molar-refractivity contribution is -0.137. The summed E-state index contributed by atoms with van der Waals surface area (Å²) in [5, 5.41) is 2.50. The Hall–Kier alpha value is -1.24. The molecule has 1 N–H and O–H groups in total. The fourth-order valence-electron chi connectivity index (χ4n) is 1.24. The van der Waals surface area contributed by atoms with Crippen LogP contribution in [-0.2, 0) is 11.0 Å². The van der Waals surface area contributed by atoms with Crippen LogP contribution in [0.4, 0.5) is 18.9 Å². The van der Waals surface area contributed by atoms with Crippen LogP contribution in [0.2, 0.25) is 0 Å². The highest BCUT2D eigenvalue weighted by Crippen LogP contribution is 2.36. The van der Waals surface area contributed by atoms with Gasteiger partial charge in [-0.15, -0.1) is 0 Å². The summed E-state index contributed by atoms with van der Waals surface area (Å²) in [5.74, 6) is -0.303. The first-order chi connectivity index (χ1) is 8.21. The number of carbonyl (C=O) groups is 1. The van der Waals surface area contributed by atoms with E-state index in [1.807, 2.05) is 0 Å². The van der Waals surface area contributed by atoms with Crippen LogP contribution in [0.25, 0.3) is 0 Å². The molecule has 0 bridgehead atoms.